The van der Waals surface area contributed by atoms with Gasteiger partial charge in [-0.25, -0.2) is 0 Å². The molecule has 4 aromatic rings. The molecule has 4 N–H and O–H groups in total. The molecule has 0 aliphatic carbocycles. The van der Waals surface area contributed by atoms with Crippen LogP contribution in [0.5, 0.6) is 0 Å². The number of carbonyl (C=O) groups is 3. The highest BCUT2D eigenvalue weighted by Gasteiger charge is 2.18. The Morgan fingerprint density at radius 1 is 0.941 bits per heavy atom. The Kier molecular flexibility index (Phi) is 7.07. The zero-order valence-electron chi connectivity index (χ0n) is 18.9. The molecule has 2 aromatic carbocycles. The van der Waals surface area contributed by atoms with Crippen molar-refractivity contribution < 1.29 is 14.4 Å². The summed E-state index contributed by atoms with van der Waals surface area (Å²) < 4.78 is 0. The van der Waals surface area contributed by atoms with E-state index < -0.39 is 0 Å². The Hall–Kier alpha value is -4.33. The van der Waals surface area contributed by atoms with Gasteiger partial charge in [0.2, 0.25) is 17.7 Å². The first-order valence-electron chi connectivity index (χ1n) is 11.1. The number of aromatic amines is 2. The predicted octanol–water partition coefficient (Wildman–Crippen LogP) is 2.94. The molecule has 8 heteroatoms. The highest BCUT2D eigenvalue weighted by molar-refractivity contribution is 5.90. The number of nitrogens with zero attached hydrogens (tertiary/aromatic N) is 1. The topological polar surface area (TPSA) is 110 Å². The van der Waals surface area contributed by atoms with E-state index in [0.717, 1.165) is 32.9 Å². The van der Waals surface area contributed by atoms with Crippen molar-refractivity contribution in [3.63, 3.8) is 0 Å². The summed E-state index contributed by atoms with van der Waals surface area (Å²) in [5.74, 6) is -0.923. The second-order valence-electron chi connectivity index (χ2n) is 8.02. The Bertz CT molecular complexity index is 1350. The number of para-hydroxylation sites is 2. The Labute approximate surface area is 197 Å². The summed E-state index contributed by atoms with van der Waals surface area (Å²) in [5.41, 5.74) is 4.05. The fourth-order valence-electron chi connectivity index (χ4n) is 3.87. The normalized spacial score (nSPS) is 11.2. The maximum atomic E-state index is 12.7. The van der Waals surface area contributed by atoms with Gasteiger partial charge in [-0.1, -0.05) is 36.4 Å². The SMILES string of the molecule is CC(=O)NCC(=O)N(CCc1c[nH]c2ccccc12)CC(=O)N/C=C\c1c[nH]c2ccccc12. The maximum absolute atomic E-state index is 12.7. The van der Waals surface area contributed by atoms with Crippen molar-refractivity contribution in [3.8, 4) is 0 Å². The molecule has 2 aromatic heterocycles. The molecule has 0 bridgehead atoms. The van der Waals surface area contributed by atoms with Gasteiger partial charge in [0.05, 0.1) is 13.1 Å². The van der Waals surface area contributed by atoms with E-state index in [1.165, 1.54) is 11.8 Å². The van der Waals surface area contributed by atoms with Crippen LogP contribution in [0.2, 0.25) is 0 Å². The van der Waals surface area contributed by atoms with Gasteiger partial charge in [0, 0.05) is 59.4 Å². The molecule has 0 unspecified atom stereocenters. The number of benzene rings is 2. The van der Waals surface area contributed by atoms with Gasteiger partial charge >= 0.3 is 0 Å². The van der Waals surface area contributed by atoms with Crippen LogP contribution in [-0.4, -0.2) is 52.2 Å². The number of carbonyl (C=O) groups excluding carboxylic acids is 3. The molecule has 34 heavy (non-hydrogen) atoms. The first kappa shape index (κ1) is 22.8. The fraction of sp³-hybridized carbons (Fsp3) is 0.192. The standard InChI is InChI=1S/C26H27N5O3/c1-18(32)28-16-26(34)31(13-11-20-15-30-24-9-5-3-7-22(20)24)17-25(33)27-12-10-19-14-29-23-8-4-2-6-21(19)23/h2-10,12,14-15,29-30H,11,13,16-17H2,1H3,(H,27,33)(H,28,32)/b12-10-. The molecule has 0 radical (unpaired) electrons. The third kappa shape index (κ3) is 5.53. The maximum Gasteiger partial charge on any atom is 0.243 e. The van der Waals surface area contributed by atoms with Gasteiger partial charge in [-0.05, 0) is 30.2 Å². The summed E-state index contributed by atoms with van der Waals surface area (Å²) in [4.78, 5) is 44.4. The van der Waals surface area contributed by atoms with E-state index >= 15 is 0 Å². The van der Waals surface area contributed by atoms with Gasteiger partial charge in [-0.3, -0.25) is 14.4 Å². The minimum absolute atomic E-state index is 0.112. The number of hydrogen-bond donors (Lipinski definition) is 4. The molecule has 0 fully saturated rings. The van der Waals surface area contributed by atoms with Gasteiger partial charge in [0.25, 0.3) is 0 Å². The van der Waals surface area contributed by atoms with E-state index in [4.69, 9.17) is 0 Å². The lowest BCUT2D eigenvalue weighted by Gasteiger charge is -2.22. The van der Waals surface area contributed by atoms with Crippen molar-refractivity contribution in [2.75, 3.05) is 19.6 Å². The fourth-order valence-corrected chi connectivity index (χ4v) is 3.87. The lowest BCUT2D eigenvalue weighted by atomic mass is 10.1. The summed E-state index contributed by atoms with van der Waals surface area (Å²) in [6, 6.07) is 15.8. The molecule has 0 aliphatic heterocycles. The third-order valence-corrected chi connectivity index (χ3v) is 5.63. The first-order chi connectivity index (χ1) is 16.5. The van der Waals surface area contributed by atoms with Crippen molar-refractivity contribution >= 4 is 45.6 Å². The molecule has 3 amide bonds. The minimum Gasteiger partial charge on any atom is -0.361 e. The van der Waals surface area contributed by atoms with Crippen LogP contribution in [0.15, 0.2) is 67.1 Å². The number of amides is 3. The van der Waals surface area contributed by atoms with Gasteiger partial charge < -0.3 is 25.5 Å². The number of nitrogens with one attached hydrogen (secondary N) is 4. The van der Waals surface area contributed by atoms with Gasteiger partial charge in [-0.15, -0.1) is 0 Å². The molecular formula is C26H27N5O3. The van der Waals surface area contributed by atoms with Crippen LogP contribution in [0.1, 0.15) is 18.1 Å². The second kappa shape index (κ2) is 10.5. The molecule has 0 aliphatic rings. The van der Waals surface area contributed by atoms with Crippen LogP contribution in [0.3, 0.4) is 0 Å². The van der Waals surface area contributed by atoms with Crippen molar-refractivity contribution in [2.45, 2.75) is 13.3 Å². The molecule has 2 heterocycles. The van der Waals surface area contributed by atoms with Gasteiger partial charge in [0.1, 0.15) is 0 Å². The summed E-state index contributed by atoms with van der Waals surface area (Å²) in [7, 11) is 0. The average Bonchev–Trinajstić information content (AvgIpc) is 3.44. The van der Waals surface area contributed by atoms with Crippen molar-refractivity contribution in [1.29, 1.82) is 0 Å². The summed E-state index contributed by atoms with van der Waals surface area (Å²) >= 11 is 0. The van der Waals surface area contributed by atoms with Gasteiger partial charge in [-0.2, -0.15) is 0 Å². The molecule has 0 saturated carbocycles. The molecular weight excluding hydrogens is 430 g/mol. The zero-order valence-corrected chi connectivity index (χ0v) is 18.9. The Morgan fingerprint density at radius 3 is 2.38 bits per heavy atom. The number of H-pyrrole nitrogens is 2. The smallest absolute Gasteiger partial charge is 0.243 e. The average molecular weight is 458 g/mol. The predicted molar refractivity (Wildman–Crippen MR) is 133 cm³/mol. The van der Waals surface area contributed by atoms with E-state index in [2.05, 4.69) is 20.6 Å². The lowest BCUT2D eigenvalue weighted by molar-refractivity contribution is -0.136. The molecule has 4 rings (SSSR count). The second-order valence-corrected chi connectivity index (χ2v) is 8.02. The zero-order chi connectivity index (χ0) is 23.9. The monoisotopic (exact) mass is 457 g/mol. The first-order valence-corrected chi connectivity index (χ1v) is 11.1. The summed E-state index contributed by atoms with van der Waals surface area (Å²) in [6.45, 7) is 1.44. The van der Waals surface area contributed by atoms with E-state index in [1.807, 2.05) is 67.0 Å². The summed E-state index contributed by atoms with van der Waals surface area (Å²) in [6.07, 6.45) is 7.76. The highest BCUT2D eigenvalue weighted by atomic mass is 16.2. The van der Waals surface area contributed by atoms with Crippen LogP contribution < -0.4 is 10.6 Å². The van der Waals surface area contributed by atoms with Crippen molar-refractivity contribution in [3.05, 3.63) is 78.3 Å². The molecule has 174 valence electrons. The van der Waals surface area contributed by atoms with E-state index in [9.17, 15) is 14.4 Å². The number of hydrogen-bond acceptors (Lipinski definition) is 3. The van der Waals surface area contributed by atoms with Crippen LogP contribution >= 0.6 is 0 Å². The largest absolute Gasteiger partial charge is 0.361 e. The third-order valence-electron chi connectivity index (χ3n) is 5.63. The summed E-state index contributed by atoms with van der Waals surface area (Å²) in [5, 5.41) is 7.39. The Balaban J connectivity index is 1.40. The van der Waals surface area contributed by atoms with Crippen LogP contribution in [0.25, 0.3) is 27.9 Å². The van der Waals surface area contributed by atoms with Crippen molar-refractivity contribution in [1.82, 2.24) is 25.5 Å². The lowest BCUT2D eigenvalue weighted by Crippen LogP contribution is -2.45. The van der Waals surface area contributed by atoms with Gasteiger partial charge in [0.15, 0.2) is 0 Å². The van der Waals surface area contributed by atoms with E-state index in [1.54, 1.807) is 6.20 Å². The molecule has 0 atom stereocenters. The highest BCUT2D eigenvalue weighted by Crippen LogP contribution is 2.19. The molecule has 0 saturated heterocycles. The number of fused-ring (bicyclic) bond motifs is 2. The van der Waals surface area contributed by atoms with E-state index in [0.29, 0.717) is 13.0 Å². The molecule has 0 spiro atoms. The van der Waals surface area contributed by atoms with Crippen LogP contribution in [-0.2, 0) is 20.8 Å². The van der Waals surface area contributed by atoms with Crippen LogP contribution in [0.4, 0.5) is 0 Å². The van der Waals surface area contributed by atoms with E-state index in [-0.39, 0.29) is 30.8 Å². The Morgan fingerprint density at radius 2 is 1.62 bits per heavy atom. The molecule has 8 nitrogen and oxygen atoms in total. The minimum atomic E-state index is -0.314. The quantitative estimate of drug-likeness (QED) is 0.310. The number of aromatic nitrogens is 2. The number of rotatable bonds is 9. The van der Waals surface area contributed by atoms with Crippen molar-refractivity contribution in [2.24, 2.45) is 0 Å². The van der Waals surface area contributed by atoms with Crippen LogP contribution in [0, 0.1) is 0 Å².